The third-order valence-electron chi connectivity index (χ3n) is 4.75. The number of nitrogens with zero attached hydrogens (tertiary/aromatic N) is 2. The van der Waals surface area contributed by atoms with Gasteiger partial charge in [-0.1, -0.05) is 30.3 Å². The predicted molar refractivity (Wildman–Crippen MR) is 104 cm³/mol. The molecule has 0 amide bonds. The summed E-state index contributed by atoms with van der Waals surface area (Å²) in [7, 11) is 0. The van der Waals surface area contributed by atoms with Crippen molar-refractivity contribution in [2.45, 2.75) is 20.0 Å². The molecule has 4 nitrogen and oxygen atoms in total. The van der Waals surface area contributed by atoms with Crippen LogP contribution in [0.4, 0.5) is 24.8 Å². The molecule has 0 saturated heterocycles. The van der Waals surface area contributed by atoms with Gasteiger partial charge in [-0.25, -0.2) is 4.98 Å². The van der Waals surface area contributed by atoms with Gasteiger partial charge >= 0.3 is 6.18 Å². The van der Waals surface area contributed by atoms with E-state index >= 15 is 0 Å². The van der Waals surface area contributed by atoms with E-state index in [9.17, 15) is 13.2 Å². The zero-order valence-corrected chi connectivity index (χ0v) is 17.1. The summed E-state index contributed by atoms with van der Waals surface area (Å²) in [6.45, 7) is 3.73. The Morgan fingerprint density at radius 2 is 1.62 bits per heavy atom. The van der Waals surface area contributed by atoms with E-state index in [2.05, 4.69) is 20.5 Å². The van der Waals surface area contributed by atoms with Crippen LogP contribution in [-0.4, -0.2) is 15.2 Å². The summed E-state index contributed by atoms with van der Waals surface area (Å²) >= 11 is 0. The first-order valence-electron chi connectivity index (χ1n) is 8.69. The average molecular weight is 433 g/mol. The van der Waals surface area contributed by atoms with Crippen molar-refractivity contribution in [3.8, 4) is 11.3 Å². The van der Waals surface area contributed by atoms with Crippen LogP contribution in [0.5, 0.6) is 0 Å². The van der Waals surface area contributed by atoms with Crippen molar-refractivity contribution in [3.63, 3.8) is 0 Å². The maximum atomic E-state index is 13.4. The van der Waals surface area contributed by atoms with Crippen LogP contribution in [-0.2, 0) is 24.7 Å². The minimum atomic E-state index is -4.46. The number of H-pyrrole nitrogens is 1. The first-order chi connectivity index (χ1) is 13.3. The smallest absolute Gasteiger partial charge is 0.323 e. The van der Waals surface area contributed by atoms with Crippen molar-refractivity contribution in [1.82, 2.24) is 15.2 Å². The third kappa shape index (κ3) is 4.02. The average Bonchev–Trinajstić information content (AvgIpc) is 3.07. The first kappa shape index (κ1) is 21.0. The number of para-hydroxylation sites is 1. The molecule has 29 heavy (non-hydrogen) atoms. The SMILES string of the molecule is Cc1cc(-c2ccccc2C(F)(F)F)nc(Nc2n[nH]c3ccccc23)c1C.[V]. The zero-order chi connectivity index (χ0) is 19.9. The van der Waals surface area contributed by atoms with E-state index in [1.54, 1.807) is 12.1 Å². The van der Waals surface area contributed by atoms with E-state index in [1.807, 2.05) is 38.1 Å². The quantitative estimate of drug-likeness (QED) is 0.417. The summed E-state index contributed by atoms with van der Waals surface area (Å²) in [5.41, 5.74) is 2.15. The number of hydrogen-bond acceptors (Lipinski definition) is 3. The summed E-state index contributed by atoms with van der Waals surface area (Å²) in [6.07, 6.45) is -4.46. The van der Waals surface area contributed by atoms with Crippen LogP contribution in [0, 0.1) is 13.8 Å². The standard InChI is InChI=1S/C21H17F3N4.V/c1-12-11-18(14-7-3-5-9-16(14)21(22,23)24)25-19(13(12)2)26-20-15-8-4-6-10-17(15)27-28-20;/h3-11H,1-2H3,(H2,25,26,27,28);. The summed E-state index contributed by atoms with van der Waals surface area (Å²) in [6, 6.07) is 14.7. The van der Waals surface area contributed by atoms with Gasteiger partial charge in [0.2, 0.25) is 0 Å². The molecular formula is C21H17F3N4V. The topological polar surface area (TPSA) is 53.6 Å². The number of rotatable bonds is 3. The molecule has 2 aromatic carbocycles. The van der Waals surface area contributed by atoms with E-state index in [-0.39, 0.29) is 29.8 Å². The zero-order valence-electron chi connectivity index (χ0n) is 15.7. The molecule has 1 radical (unpaired) electrons. The largest absolute Gasteiger partial charge is 0.417 e. The van der Waals surface area contributed by atoms with Crippen LogP contribution in [0.25, 0.3) is 22.2 Å². The Balaban J connectivity index is 0.00000240. The number of nitrogens with one attached hydrogen (secondary N) is 2. The van der Waals surface area contributed by atoms with E-state index in [0.717, 1.165) is 28.1 Å². The molecule has 4 aromatic rings. The van der Waals surface area contributed by atoms with Crippen LogP contribution < -0.4 is 5.32 Å². The molecule has 2 aromatic heterocycles. The van der Waals surface area contributed by atoms with Crippen LogP contribution in [0.1, 0.15) is 16.7 Å². The fourth-order valence-corrected chi connectivity index (χ4v) is 3.12. The number of hydrogen-bond donors (Lipinski definition) is 2. The normalized spacial score (nSPS) is 11.3. The van der Waals surface area contributed by atoms with Crippen molar-refractivity contribution in [2.75, 3.05) is 5.32 Å². The molecule has 147 valence electrons. The number of aromatic nitrogens is 3. The second kappa shape index (κ2) is 7.93. The van der Waals surface area contributed by atoms with Gasteiger partial charge in [0, 0.05) is 29.5 Å². The molecule has 0 atom stereocenters. The van der Waals surface area contributed by atoms with Gasteiger partial charge in [-0.15, -0.1) is 0 Å². The minimum Gasteiger partial charge on any atom is -0.323 e. The van der Waals surface area contributed by atoms with E-state index in [1.165, 1.54) is 12.1 Å². The second-order valence-electron chi connectivity index (χ2n) is 6.58. The molecule has 0 spiro atoms. The predicted octanol–water partition coefficient (Wildman–Crippen LogP) is 6.00. The Kier molecular flexibility index (Phi) is 5.73. The maximum absolute atomic E-state index is 13.4. The summed E-state index contributed by atoms with van der Waals surface area (Å²) in [4.78, 5) is 4.49. The Bertz CT molecular complexity index is 1170. The summed E-state index contributed by atoms with van der Waals surface area (Å²) in [5, 5.41) is 11.2. The number of anilines is 2. The Labute approximate surface area is 177 Å². The molecule has 0 fully saturated rings. The monoisotopic (exact) mass is 433 g/mol. The van der Waals surface area contributed by atoms with Gasteiger partial charge in [0.05, 0.1) is 16.8 Å². The van der Waals surface area contributed by atoms with Gasteiger partial charge in [0.25, 0.3) is 0 Å². The molecule has 0 aliphatic heterocycles. The van der Waals surface area contributed by atoms with Gasteiger partial charge in [-0.3, -0.25) is 5.10 Å². The van der Waals surface area contributed by atoms with Gasteiger partial charge in [0.15, 0.2) is 5.82 Å². The molecule has 0 bridgehead atoms. The number of pyridine rings is 1. The van der Waals surface area contributed by atoms with Crippen LogP contribution in [0.3, 0.4) is 0 Å². The number of aryl methyl sites for hydroxylation is 1. The molecule has 2 N–H and O–H groups in total. The number of alkyl halides is 3. The molecule has 0 aliphatic carbocycles. The minimum absolute atomic E-state index is 0. The van der Waals surface area contributed by atoms with Crippen LogP contribution >= 0.6 is 0 Å². The van der Waals surface area contributed by atoms with Crippen molar-refractivity contribution in [3.05, 3.63) is 71.3 Å². The number of aromatic amines is 1. The Hall–Kier alpha value is -2.77. The van der Waals surface area contributed by atoms with Crippen LogP contribution in [0.2, 0.25) is 0 Å². The Morgan fingerprint density at radius 3 is 2.38 bits per heavy atom. The molecule has 0 unspecified atom stereocenters. The number of halogens is 3. The van der Waals surface area contributed by atoms with E-state index < -0.39 is 11.7 Å². The fraction of sp³-hybridized carbons (Fsp3) is 0.143. The number of fused-ring (bicyclic) bond motifs is 1. The van der Waals surface area contributed by atoms with E-state index in [0.29, 0.717) is 11.6 Å². The van der Waals surface area contributed by atoms with Crippen molar-refractivity contribution >= 4 is 22.5 Å². The van der Waals surface area contributed by atoms with E-state index in [4.69, 9.17) is 0 Å². The molecule has 4 rings (SSSR count). The molecule has 0 aliphatic rings. The van der Waals surface area contributed by atoms with Crippen LogP contribution in [0.15, 0.2) is 54.6 Å². The Morgan fingerprint density at radius 1 is 0.931 bits per heavy atom. The first-order valence-corrected chi connectivity index (χ1v) is 8.69. The van der Waals surface area contributed by atoms with Gasteiger partial charge < -0.3 is 5.32 Å². The second-order valence-corrected chi connectivity index (χ2v) is 6.58. The molecular weight excluding hydrogens is 416 g/mol. The fourth-order valence-electron chi connectivity index (χ4n) is 3.12. The summed E-state index contributed by atoms with van der Waals surface area (Å²) < 4.78 is 40.3. The van der Waals surface area contributed by atoms with Gasteiger partial charge in [-0.05, 0) is 49.2 Å². The van der Waals surface area contributed by atoms with Gasteiger partial charge in [0.1, 0.15) is 5.82 Å². The molecule has 8 heteroatoms. The van der Waals surface area contributed by atoms with Crippen molar-refractivity contribution in [2.24, 2.45) is 0 Å². The van der Waals surface area contributed by atoms with Gasteiger partial charge in [-0.2, -0.15) is 18.3 Å². The third-order valence-corrected chi connectivity index (χ3v) is 4.75. The molecule has 2 heterocycles. The van der Waals surface area contributed by atoms with Crippen molar-refractivity contribution in [1.29, 1.82) is 0 Å². The summed E-state index contributed by atoms with van der Waals surface area (Å²) in [5.74, 6) is 1.05. The maximum Gasteiger partial charge on any atom is 0.417 e. The molecule has 0 saturated carbocycles. The van der Waals surface area contributed by atoms with Crippen molar-refractivity contribution < 1.29 is 31.7 Å². The number of benzene rings is 2.